The lowest BCUT2D eigenvalue weighted by Crippen LogP contribution is -2.42. The first-order valence-corrected chi connectivity index (χ1v) is 6.69. The number of rotatable bonds is 1. The van der Waals surface area contributed by atoms with Crippen LogP contribution < -0.4 is 0 Å². The van der Waals surface area contributed by atoms with Gasteiger partial charge >= 0.3 is 0 Å². The number of fused-ring (bicyclic) bond motifs is 1. The van der Waals surface area contributed by atoms with E-state index in [1.807, 2.05) is 0 Å². The van der Waals surface area contributed by atoms with Gasteiger partial charge in [-0.3, -0.25) is 0 Å². The minimum atomic E-state index is 0.625. The highest BCUT2D eigenvalue weighted by molar-refractivity contribution is 5.04. The van der Waals surface area contributed by atoms with Gasteiger partial charge in [0.25, 0.3) is 0 Å². The first-order valence-electron chi connectivity index (χ1n) is 6.69. The molecule has 0 spiro atoms. The smallest absolute Gasteiger partial charge is 0.0203 e. The van der Waals surface area contributed by atoms with Crippen molar-refractivity contribution in [3.63, 3.8) is 0 Å². The molecule has 0 radical (unpaired) electrons. The summed E-state index contributed by atoms with van der Waals surface area (Å²) in [5.41, 5.74) is 2.05. The van der Waals surface area contributed by atoms with Crippen LogP contribution in [0, 0.1) is 23.2 Å². The summed E-state index contributed by atoms with van der Waals surface area (Å²) in [7, 11) is 0. The van der Waals surface area contributed by atoms with Crippen LogP contribution in [0.4, 0.5) is 0 Å². The van der Waals surface area contributed by atoms with Crippen molar-refractivity contribution in [2.45, 2.75) is 59.3 Å². The second-order valence-corrected chi connectivity index (χ2v) is 6.36. The van der Waals surface area contributed by atoms with Crippen LogP contribution in [0.15, 0.2) is 12.2 Å². The van der Waals surface area contributed by atoms with Crippen molar-refractivity contribution in [3.8, 4) is 0 Å². The molecule has 2 aliphatic carbocycles. The number of hydrogen-bond acceptors (Lipinski definition) is 0. The van der Waals surface area contributed by atoms with Crippen molar-refractivity contribution < 1.29 is 0 Å². The van der Waals surface area contributed by atoms with Crippen molar-refractivity contribution in [3.05, 3.63) is 12.2 Å². The molecule has 0 nitrogen and oxygen atoms in total. The quantitative estimate of drug-likeness (QED) is 0.540. The average Bonchev–Trinajstić information content (AvgIpc) is 2.19. The van der Waals surface area contributed by atoms with Crippen molar-refractivity contribution in [1.82, 2.24) is 0 Å². The van der Waals surface area contributed by atoms with Crippen LogP contribution in [0.25, 0.3) is 0 Å². The molecule has 0 N–H and O–H groups in total. The van der Waals surface area contributed by atoms with Gasteiger partial charge < -0.3 is 0 Å². The van der Waals surface area contributed by atoms with Gasteiger partial charge in [0, 0.05) is 0 Å². The normalized spacial score (nSPS) is 45.9. The van der Waals surface area contributed by atoms with E-state index in [2.05, 4.69) is 27.4 Å². The molecule has 2 aliphatic rings. The molecule has 0 bridgehead atoms. The van der Waals surface area contributed by atoms with Crippen molar-refractivity contribution >= 4 is 0 Å². The molecule has 0 aromatic rings. The Morgan fingerprint density at radius 1 is 1.20 bits per heavy atom. The first-order chi connectivity index (χ1) is 7.04. The minimum absolute atomic E-state index is 0.625. The fourth-order valence-electron chi connectivity index (χ4n) is 4.03. The molecule has 0 amide bonds. The van der Waals surface area contributed by atoms with E-state index < -0.39 is 0 Å². The third-order valence-electron chi connectivity index (χ3n) is 5.49. The Morgan fingerprint density at radius 2 is 1.93 bits per heavy atom. The Kier molecular flexibility index (Phi) is 2.96. The van der Waals surface area contributed by atoms with Crippen molar-refractivity contribution in [1.29, 1.82) is 0 Å². The summed E-state index contributed by atoms with van der Waals surface area (Å²) in [6.07, 6.45) is 8.69. The highest BCUT2D eigenvalue weighted by Crippen LogP contribution is 2.55. The molecule has 4 atom stereocenters. The van der Waals surface area contributed by atoms with Crippen molar-refractivity contribution in [2.75, 3.05) is 0 Å². The van der Waals surface area contributed by atoms with Gasteiger partial charge in [0.05, 0.1) is 0 Å². The predicted octanol–water partition coefficient (Wildman–Crippen LogP) is 4.81. The van der Waals surface area contributed by atoms with Gasteiger partial charge in [0.2, 0.25) is 0 Å². The Balaban J connectivity index is 2.15. The zero-order chi connectivity index (χ0) is 11.1. The molecule has 0 aromatic heterocycles. The van der Waals surface area contributed by atoms with Gasteiger partial charge in [-0.2, -0.15) is 0 Å². The highest BCUT2D eigenvalue weighted by atomic mass is 14.5. The van der Waals surface area contributed by atoms with Gasteiger partial charge in [0.1, 0.15) is 0 Å². The highest BCUT2D eigenvalue weighted by Gasteiger charge is 2.45. The van der Waals surface area contributed by atoms with E-state index in [1.165, 1.54) is 44.1 Å². The van der Waals surface area contributed by atoms with Crippen LogP contribution in [0.5, 0.6) is 0 Å². The van der Waals surface area contributed by atoms with Gasteiger partial charge in [-0.15, -0.1) is 0 Å². The van der Waals surface area contributed by atoms with Gasteiger partial charge in [-0.25, -0.2) is 0 Å². The predicted molar refractivity (Wildman–Crippen MR) is 66.8 cm³/mol. The summed E-state index contributed by atoms with van der Waals surface area (Å²) < 4.78 is 0. The zero-order valence-corrected chi connectivity index (χ0v) is 10.7. The fourth-order valence-corrected chi connectivity index (χ4v) is 4.03. The molecular formula is C15H26. The second kappa shape index (κ2) is 3.96. The molecule has 15 heavy (non-hydrogen) atoms. The number of allylic oxidation sites excluding steroid dienone is 1. The maximum atomic E-state index is 4.17. The molecule has 2 rings (SSSR count). The SMILES string of the molecule is C=C(C)[C@@H]1CCC2CCC[C@@H](C)[C@]2(C)C1. The molecule has 86 valence electrons. The van der Waals surface area contributed by atoms with Crippen LogP contribution in [-0.4, -0.2) is 0 Å². The number of hydrogen-bond donors (Lipinski definition) is 0. The van der Waals surface area contributed by atoms with E-state index in [0.29, 0.717) is 5.41 Å². The summed E-state index contributed by atoms with van der Waals surface area (Å²) in [5, 5.41) is 0. The lowest BCUT2D eigenvalue weighted by molar-refractivity contribution is -0.00613. The summed E-state index contributed by atoms with van der Waals surface area (Å²) in [4.78, 5) is 0. The Morgan fingerprint density at radius 3 is 2.60 bits per heavy atom. The van der Waals surface area contributed by atoms with E-state index in [1.54, 1.807) is 0 Å². The van der Waals surface area contributed by atoms with Crippen LogP contribution in [0.2, 0.25) is 0 Å². The molecule has 0 saturated heterocycles. The van der Waals surface area contributed by atoms with Crippen LogP contribution in [-0.2, 0) is 0 Å². The molecule has 2 saturated carbocycles. The zero-order valence-electron chi connectivity index (χ0n) is 10.7. The topological polar surface area (TPSA) is 0 Å². The second-order valence-electron chi connectivity index (χ2n) is 6.36. The molecule has 1 unspecified atom stereocenters. The summed E-state index contributed by atoms with van der Waals surface area (Å²) in [5.74, 6) is 2.75. The molecule has 0 heterocycles. The standard InChI is InChI=1S/C15H26/c1-11(2)13-8-9-14-7-5-6-12(3)15(14,4)10-13/h12-14H,1,5-10H2,2-4H3/t12-,13-,14?,15+/m1/s1. The Hall–Kier alpha value is -0.260. The monoisotopic (exact) mass is 206 g/mol. The molecule has 0 aromatic carbocycles. The van der Waals surface area contributed by atoms with E-state index in [9.17, 15) is 0 Å². The van der Waals surface area contributed by atoms with Gasteiger partial charge in [-0.1, -0.05) is 38.8 Å². The maximum absolute atomic E-state index is 4.17. The van der Waals surface area contributed by atoms with E-state index in [-0.39, 0.29) is 0 Å². The van der Waals surface area contributed by atoms with Crippen molar-refractivity contribution in [2.24, 2.45) is 23.2 Å². The van der Waals surface area contributed by atoms with Gasteiger partial charge in [0.15, 0.2) is 0 Å². The Bertz CT molecular complexity index is 253. The van der Waals surface area contributed by atoms with Crippen LogP contribution in [0.1, 0.15) is 59.3 Å². The van der Waals surface area contributed by atoms with Crippen LogP contribution in [0.3, 0.4) is 0 Å². The first kappa shape index (κ1) is 11.2. The molecule has 2 fully saturated rings. The maximum Gasteiger partial charge on any atom is -0.0203 e. The lowest BCUT2D eigenvalue weighted by Gasteiger charge is -2.52. The summed E-state index contributed by atoms with van der Waals surface area (Å²) >= 11 is 0. The minimum Gasteiger partial charge on any atom is -0.0999 e. The summed E-state index contributed by atoms with van der Waals surface area (Å²) in [6, 6.07) is 0. The lowest BCUT2D eigenvalue weighted by atomic mass is 9.53. The summed E-state index contributed by atoms with van der Waals surface area (Å²) in [6.45, 7) is 11.4. The third-order valence-corrected chi connectivity index (χ3v) is 5.49. The van der Waals surface area contributed by atoms with E-state index in [4.69, 9.17) is 0 Å². The average molecular weight is 206 g/mol. The Labute approximate surface area is 95.1 Å². The molecule has 0 aliphatic heterocycles. The molecule has 0 heteroatoms. The largest absolute Gasteiger partial charge is 0.0999 e. The fraction of sp³-hybridized carbons (Fsp3) is 0.867. The van der Waals surface area contributed by atoms with E-state index >= 15 is 0 Å². The van der Waals surface area contributed by atoms with E-state index in [0.717, 1.165) is 17.8 Å². The molecular weight excluding hydrogens is 180 g/mol. The third kappa shape index (κ3) is 1.88. The van der Waals surface area contributed by atoms with Crippen LogP contribution >= 0.6 is 0 Å². The van der Waals surface area contributed by atoms with Gasteiger partial charge in [-0.05, 0) is 55.8 Å².